The van der Waals surface area contributed by atoms with Gasteiger partial charge in [-0.15, -0.1) is 0 Å². The largest absolute Gasteiger partial charge is 0.462 e. The first-order valence-corrected chi connectivity index (χ1v) is 7.10. The van der Waals surface area contributed by atoms with Gasteiger partial charge in [0.15, 0.2) is 0 Å². The number of hydrogen-bond donors (Lipinski definition) is 0. The Kier molecular flexibility index (Phi) is 8.06. The minimum absolute atomic E-state index is 0.0200. The summed E-state index contributed by atoms with van der Waals surface area (Å²) in [5.41, 5.74) is 0. The third kappa shape index (κ3) is 7.37. The van der Waals surface area contributed by atoms with E-state index in [4.69, 9.17) is 9.47 Å². The molecular weight excluding hydrogens is 216 g/mol. The van der Waals surface area contributed by atoms with E-state index < -0.39 is 0 Å². The third-order valence-corrected chi connectivity index (χ3v) is 3.22. The van der Waals surface area contributed by atoms with Crippen LogP contribution in [0.15, 0.2) is 0 Å². The fraction of sp³-hybridized carbons (Fsp3) is 0.929. The monoisotopic (exact) mass is 242 g/mol. The van der Waals surface area contributed by atoms with Gasteiger partial charge in [-0.1, -0.05) is 12.8 Å². The van der Waals surface area contributed by atoms with Gasteiger partial charge in [-0.25, -0.2) is 0 Å². The van der Waals surface area contributed by atoms with Crippen LogP contribution < -0.4 is 0 Å². The summed E-state index contributed by atoms with van der Waals surface area (Å²) in [6.07, 6.45) is 9.70. The van der Waals surface area contributed by atoms with Crippen molar-refractivity contribution in [2.24, 2.45) is 0 Å². The molecule has 100 valence electrons. The lowest BCUT2D eigenvalue weighted by molar-refractivity contribution is -0.149. The van der Waals surface area contributed by atoms with Crippen LogP contribution in [0, 0.1) is 0 Å². The zero-order valence-corrected chi connectivity index (χ0v) is 11.1. The summed E-state index contributed by atoms with van der Waals surface area (Å²) in [6, 6.07) is 0. The van der Waals surface area contributed by atoms with E-state index in [9.17, 15) is 4.79 Å². The van der Waals surface area contributed by atoms with Crippen molar-refractivity contribution in [3.05, 3.63) is 0 Å². The van der Waals surface area contributed by atoms with Crippen molar-refractivity contribution < 1.29 is 14.3 Å². The topological polar surface area (TPSA) is 35.5 Å². The fourth-order valence-electron chi connectivity index (χ4n) is 2.22. The van der Waals surface area contributed by atoms with Crippen molar-refractivity contribution in [2.45, 2.75) is 70.8 Å². The van der Waals surface area contributed by atoms with E-state index >= 15 is 0 Å². The number of rotatable bonds is 7. The molecule has 0 radical (unpaired) electrons. The Morgan fingerprint density at radius 2 is 1.82 bits per heavy atom. The van der Waals surface area contributed by atoms with E-state index in [0.29, 0.717) is 6.42 Å². The lowest BCUT2D eigenvalue weighted by Gasteiger charge is -2.15. The normalized spacial score (nSPS) is 17.7. The number of carbonyl (C=O) groups is 1. The lowest BCUT2D eigenvalue weighted by atomic mass is 10.1. The van der Waals surface area contributed by atoms with Gasteiger partial charge in [0.05, 0.1) is 0 Å². The minimum atomic E-state index is -0.0200. The molecule has 0 amide bonds. The van der Waals surface area contributed by atoms with Gasteiger partial charge in [0.25, 0.3) is 0 Å². The fourth-order valence-corrected chi connectivity index (χ4v) is 2.22. The minimum Gasteiger partial charge on any atom is -0.462 e. The van der Waals surface area contributed by atoms with E-state index in [1.165, 1.54) is 25.7 Å². The second kappa shape index (κ2) is 9.46. The third-order valence-electron chi connectivity index (χ3n) is 3.22. The van der Waals surface area contributed by atoms with Gasteiger partial charge in [-0.3, -0.25) is 4.79 Å². The molecule has 3 heteroatoms. The highest BCUT2D eigenvalue weighted by atomic mass is 16.5. The van der Waals surface area contributed by atoms with E-state index in [0.717, 1.165) is 38.9 Å². The van der Waals surface area contributed by atoms with Crippen molar-refractivity contribution in [3.63, 3.8) is 0 Å². The first-order chi connectivity index (χ1) is 8.33. The van der Waals surface area contributed by atoms with Crippen molar-refractivity contribution in [2.75, 3.05) is 13.2 Å². The van der Waals surface area contributed by atoms with Gasteiger partial charge < -0.3 is 9.47 Å². The van der Waals surface area contributed by atoms with Gasteiger partial charge in [0.1, 0.15) is 6.10 Å². The molecule has 0 N–H and O–H groups in total. The summed E-state index contributed by atoms with van der Waals surface area (Å²) >= 11 is 0. The maximum Gasteiger partial charge on any atom is 0.306 e. The highest BCUT2D eigenvalue weighted by Gasteiger charge is 2.16. The molecule has 1 aliphatic rings. The molecule has 0 aromatic carbocycles. The Hall–Kier alpha value is -0.570. The second-order valence-electron chi connectivity index (χ2n) is 4.76. The Morgan fingerprint density at radius 3 is 2.47 bits per heavy atom. The van der Waals surface area contributed by atoms with Crippen LogP contribution in [0.4, 0.5) is 0 Å². The van der Waals surface area contributed by atoms with E-state index in [1.807, 2.05) is 6.92 Å². The van der Waals surface area contributed by atoms with Gasteiger partial charge in [0.2, 0.25) is 0 Å². The molecular formula is C14H26O3. The molecule has 3 nitrogen and oxygen atoms in total. The van der Waals surface area contributed by atoms with Crippen LogP contribution in [-0.4, -0.2) is 25.3 Å². The SMILES string of the molecule is CCOCCCCC(=O)OC1CCCCCC1. The predicted octanol–water partition coefficient (Wildman–Crippen LogP) is 3.46. The molecule has 0 heterocycles. The van der Waals surface area contributed by atoms with Crippen LogP contribution in [0.1, 0.15) is 64.7 Å². The average molecular weight is 242 g/mol. The molecule has 0 saturated heterocycles. The second-order valence-corrected chi connectivity index (χ2v) is 4.76. The maximum absolute atomic E-state index is 11.6. The van der Waals surface area contributed by atoms with Gasteiger partial charge >= 0.3 is 5.97 Å². The van der Waals surface area contributed by atoms with Crippen LogP contribution in [0.5, 0.6) is 0 Å². The van der Waals surface area contributed by atoms with Crippen molar-refractivity contribution in [1.82, 2.24) is 0 Å². The number of esters is 1. The maximum atomic E-state index is 11.6. The van der Waals surface area contributed by atoms with Crippen LogP contribution in [0.3, 0.4) is 0 Å². The number of carbonyl (C=O) groups excluding carboxylic acids is 1. The highest BCUT2D eigenvalue weighted by Crippen LogP contribution is 2.20. The molecule has 0 spiro atoms. The number of ether oxygens (including phenoxy) is 2. The molecule has 1 saturated carbocycles. The Bertz CT molecular complexity index is 196. The first kappa shape index (κ1) is 14.5. The summed E-state index contributed by atoms with van der Waals surface area (Å²) in [5, 5.41) is 0. The molecule has 1 aliphatic carbocycles. The average Bonchev–Trinajstić information content (AvgIpc) is 2.57. The molecule has 17 heavy (non-hydrogen) atoms. The quantitative estimate of drug-likeness (QED) is 0.389. The standard InChI is InChI=1S/C14H26O3/c1-2-16-12-8-7-11-14(15)17-13-9-5-3-4-6-10-13/h13H,2-12H2,1H3. The van der Waals surface area contributed by atoms with Crippen LogP contribution in [0.2, 0.25) is 0 Å². The molecule has 1 fully saturated rings. The smallest absolute Gasteiger partial charge is 0.306 e. The first-order valence-electron chi connectivity index (χ1n) is 7.10. The Morgan fingerprint density at radius 1 is 1.12 bits per heavy atom. The zero-order valence-electron chi connectivity index (χ0n) is 11.1. The summed E-state index contributed by atoms with van der Waals surface area (Å²) in [6.45, 7) is 3.50. The highest BCUT2D eigenvalue weighted by molar-refractivity contribution is 5.69. The van der Waals surface area contributed by atoms with E-state index in [2.05, 4.69) is 0 Å². The van der Waals surface area contributed by atoms with E-state index in [1.54, 1.807) is 0 Å². The molecule has 0 bridgehead atoms. The predicted molar refractivity (Wildman–Crippen MR) is 67.9 cm³/mol. The van der Waals surface area contributed by atoms with Crippen LogP contribution >= 0.6 is 0 Å². The summed E-state index contributed by atoms with van der Waals surface area (Å²) in [7, 11) is 0. The molecule has 0 aliphatic heterocycles. The van der Waals surface area contributed by atoms with Crippen LogP contribution in [0.25, 0.3) is 0 Å². The van der Waals surface area contributed by atoms with Crippen molar-refractivity contribution in [3.8, 4) is 0 Å². The molecule has 0 unspecified atom stereocenters. The molecule has 0 aromatic rings. The van der Waals surface area contributed by atoms with Crippen molar-refractivity contribution >= 4 is 5.97 Å². The summed E-state index contributed by atoms with van der Waals surface area (Å²) < 4.78 is 10.7. The molecule has 0 atom stereocenters. The van der Waals surface area contributed by atoms with Gasteiger partial charge in [0, 0.05) is 19.6 Å². The van der Waals surface area contributed by atoms with Crippen molar-refractivity contribution in [1.29, 1.82) is 0 Å². The van der Waals surface area contributed by atoms with Gasteiger partial charge in [-0.2, -0.15) is 0 Å². The molecule has 0 aromatic heterocycles. The number of hydrogen-bond acceptors (Lipinski definition) is 3. The summed E-state index contributed by atoms with van der Waals surface area (Å²) in [4.78, 5) is 11.6. The van der Waals surface area contributed by atoms with Gasteiger partial charge in [-0.05, 0) is 45.4 Å². The van der Waals surface area contributed by atoms with E-state index in [-0.39, 0.29) is 12.1 Å². The summed E-state index contributed by atoms with van der Waals surface area (Å²) in [5.74, 6) is -0.0200. The molecule has 1 rings (SSSR count). The zero-order chi connectivity index (χ0) is 12.3. The number of unbranched alkanes of at least 4 members (excludes halogenated alkanes) is 1. The van der Waals surface area contributed by atoms with Crippen LogP contribution in [-0.2, 0) is 14.3 Å². The lowest BCUT2D eigenvalue weighted by Crippen LogP contribution is -2.17. The Labute approximate surface area is 105 Å². The Balaban J connectivity index is 2.03.